The number of aromatic nitrogens is 2. The van der Waals surface area contributed by atoms with E-state index in [1.807, 2.05) is 0 Å². The molecule has 2 aromatic carbocycles. The largest absolute Gasteiger partial charge is 0.491 e. The Hall–Kier alpha value is -3.55. The Labute approximate surface area is 181 Å². The van der Waals surface area contributed by atoms with E-state index in [1.54, 1.807) is 0 Å². The van der Waals surface area contributed by atoms with Crippen molar-refractivity contribution >= 4 is 5.91 Å². The predicted octanol–water partition coefficient (Wildman–Crippen LogP) is 4.17. The summed E-state index contributed by atoms with van der Waals surface area (Å²) in [5.74, 6) is -1.26. The molecule has 0 saturated heterocycles. The molecule has 1 aliphatic heterocycles. The van der Waals surface area contributed by atoms with E-state index in [0.717, 1.165) is 0 Å². The van der Waals surface area contributed by atoms with E-state index < -0.39 is 60.3 Å². The van der Waals surface area contributed by atoms with Gasteiger partial charge in [0.2, 0.25) is 0 Å². The number of hydrogen-bond acceptors (Lipinski definition) is 5. The number of halogens is 2. The number of amides is 1. The first-order valence-corrected chi connectivity index (χ1v) is 8.83. The van der Waals surface area contributed by atoms with Gasteiger partial charge in [-0.25, -0.2) is 9.97 Å². The van der Waals surface area contributed by atoms with Crippen LogP contribution < -0.4 is 9.47 Å². The Morgan fingerprint density at radius 1 is 1.20 bits per heavy atom. The lowest BCUT2D eigenvalue weighted by Gasteiger charge is -2.19. The fourth-order valence-corrected chi connectivity index (χ4v) is 2.82. The van der Waals surface area contributed by atoms with E-state index in [2.05, 4.69) is 14.7 Å². The van der Waals surface area contributed by atoms with Crippen LogP contribution in [0.4, 0.5) is 8.78 Å². The molecule has 8 heteroatoms. The first-order chi connectivity index (χ1) is 17.3. The van der Waals surface area contributed by atoms with Crippen LogP contribution in [0.5, 0.6) is 11.5 Å². The zero-order valence-electron chi connectivity index (χ0n) is 22.7. The molecule has 0 aliphatic carbocycles. The molecule has 154 valence electrons. The molecule has 2 heterocycles. The maximum Gasteiger partial charge on any atom is 0.394 e. The molecule has 0 spiro atoms. The minimum atomic E-state index is -3.73. The van der Waals surface area contributed by atoms with Crippen LogP contribution in [0.25, 0.3) is 11.1 Å². The lowest BCUT2D eigenvalue weighted by atomic mass is 10.0. The highest BCUT2D eigenvalue weighted by atomic mass is 19.3. The third kappa shape index (κ3) is 4.53. The summed E-state index contributed by atoms with van der Waals surface area (Å²) in [6.45, 7) is 0.434. The van der Waals surface area contributed by atoms with Crippen molar-refractivity contribution in [2.24, 2.45) is 0 Å². The molecule has 0 bridgehead atoms. The quantitative estimate of drug-likeness (QED) is 0.622. The monoisotopic (exact) mass is 418 g/mol. The number of carbonyl (C=O) groups excluding carboxylic acids is 1. The average molecular weight is 418 g/mol. The Morgan fingerprint density at radius 2 is 1.93 bits per heavy atom. The van der Waals surface area contributed by atoms with Crippen LogP contribution in [-0.2, 0) is 6.54 Å². The molecular weight excluding hydrogens is 392 g/mol. The second-order valence-electron chi connectivity index (χ2n) is 6.39. The van der Waals surface area contributed by atoms with E-state index in [0.29, 0.717) is 6.92 Å². The van der Waals surface area contributed by atoms with Crippen molar-refractivity contribution in [2.45, 2.75) is 19.6 Å². The van der Waals surface area contributed by atoms with E-state index in [-0.39, 0.29) is 48.0 Å². The van der Waals surface area contributed by atoms with Crippen LogP contribution in [0, 0.1) is 0 Å². The van der Waals surface area contributed by atoms with Crippen molar-refractivity contribution in [3.05, 3.63) is 72.1 Å². The minimum Gasteiger partial charge on any atom is -0.491 e. The molecule has 0 radical (unpaired) electrons. The van der Waals surface area contributed by atoms with E-state index in [9.17, 15) is 13.6 Å². The second-order valence-corrected chi connectivity index (χ2v) is 6.39. The van der Waals surface area contributed by atoms with Crippen molar-refractivity contribution in [1.82, 2.24) is 14.9 Å². The average Bonchev–Trinajstić information content (AvgIpc) is 2.97. The van der Waals surface area contributed by atoms with Gasteiger partial charge in [0.15, 0.2) is 0 Å². The highest BCUT2D eigenvalue weighted by Crippen LogP contribution is 2.31. The molecule has 1 amide bonds. The standard InChI is InChI=1S/C22H19F2N3O3/c1-22(23,24)30-17-6-3-15(4-7-17)16-5-8-19-18(13-16)21(28)27(11-12-29-19)14-20-25-9-2-10-26-20/h2-10,13H,11-12,14H2,1H3/i2D,3D,4D,6D,7D,9D,10D. The zero-order valence-corrected chi connectivity index (χ0v) is 15.7. The lowest BCUT2D eigenvalue weighted by molar-refractivity contribution is -0.158. The van der Waals surface area contributed by atoms with E-state index >= 15 is 0 Å². The SMILES string of the molecule is [2H]c1nc(CN2CCOc3ccc(-c4c([2H])c([2H])c(OC(C)(F)F)c([2H])c4[2H])cc3C2=O)nc([2H])c1[2H]. The van der Waals surface area contributed by atoms with Crippen molar-refractivity contribution in [3.63, 3.8) is 0 Å². The number of nitrogens with zero attached hydrogens (tertiary/aromatic N) is 3. The van der Waals surface area contributed by atoms with Crippen molar-refractivity contribution in [2.75, 3.05) is 13.2 Å². The lowest BCUT2D eigenvalue weighted by Crippen LogP contribution is -2.32. The Morgan fingerprint density at radius 3 is 2.63 bits per heavy atom. The molecular formula is C22H19F2N3O3. The minimum absolute atomic E-state index is 0.0122. The summed E-state index contributed by atoms with van der Waals surface area (Å²) in [5, 5.41) is 0. The summed E-state index contributed by atoms with van der Waals surface area (Å²) in [5.41, 5.74) is -0.0807. The number of alkyl halides is 2. The third-order valence-corrected chi connectivity index (χ3v) is 4.10. The topological polar surface area (TPSA) is 64.6 Å². The number of carbonyl (C=O) groups is 1. The zero-order chi connectivity index (χ0) is 27.2. The predicted molar refractivity (Wildman–Crippen MR) is 105 cm³/mol. The van der Waals surface area contributed by atoms with Crippen LogP contribution in [0.15, 0.2) is 60.8 Å². The molecule has 1 aromatic heterocycles. The van der Waals surface area contributed by atoms with Gasteiger partial charge in [0.25, 0.3) is 5.91 Å². The van der Waals surface area contributed by atoms with Crippen LogP contribution in [-0.4, -0.2) is 40.0 Å². The molecule has 3 aromatic rings. The highest BCUT2D eigenvalue weighted by molar-refractivity contribution is 5.98. The number of ether oxygens (including phenoxy) is 2. The molecule has 30 heavy (non-hydrogen) atoms. The summed E-state index contributed by atoms with van der Waals surface area (Å²) in [7, 11) is 0. The maximum absolute atomic E-state index is 13.4. The normalized spacial score (nSPS) is 17.2. The van der Waals surface area contributed by atoms with Crippen LogP contribution in [0.1, 0.15) is 32.7 Å². The molecule has 4 rings (SSSR count). The summed E-state index contributed by atoms with van der Waals surface area (Å²) in [6.07, 6.45) is -4.63. The molecule has 6 nitrogen and oxygen atoms in total. The molecule has 0 atom stereocenters. The van der Waals surface area contributed by atoms with Gasteiger partial charge in [-0.05, 0) is 41.4 Å². The number of hydrogen-bond donors (Lipinski definition) is 0. The molecule has 0 unspecified atom stereocenters. The molecule has 1 aliphatic rings. The maximum atomic E-state index is 13.4. The summed E-state index contributed by atoms with van der Waals surface area (Å²) < 4.78 is 92.4. The number of fused-ring (bicyclic) bond motifs is 1. The van der Waals surface area contributed by atoms with Gasteiger partial charge in [0.05, 0.1) is 28.2 Å². The van der Waals surface area contributed by atoms with Gasteiger partial charge in [-0.2, -0.15) is 8.78 Å². The molecule has 0 N–H and O–H groups in total. The number of rotatable bonds is 5. The van der Waals surface area contributed by atoms with Crippen molar-refractivity contribution < 1.29 is 32.6 Å². The van der Waals surface area contributed by atoms with Gasteiger partial charge in [0, 0.05) is 19.3 Å². The fraction of sp³-hybridized carbons (Fsp3) is 0.227. The van der Waals surface area contributed by atoms with Crippen molar-refractivity contribution in [3.8, 4) is 22.6 Å². The van der Waals surface area contributed by atoms with E-state index in [4.69, 9.17) is 14.3 Å². The van der Waals surface area contributed by atoms with E-state index in [1.165, 1.54) is 23.1 Å². The highest BCUT2D eigenvalue weighted by Gasteiger charge is 2.25. The Balaban J connectivity index is 1.74. The second kappa shape index (κ2) is 8.06. The first-order valence-electron chi connectivity index (χ1n) is 12.3. The smallest absolute Gasteiger partial charge is 0.394 e. The van der Waals surface area contributed by atoms with Gasteiger partial charge < -0.3 is 14.4 Å². The van der Waals surface area contributed by atoms with Gasteiger partial charge in [-0.15, -0.1) is 0 Å². The summed E-state index contributed by atoms with van der Waals surface area (Å²) >= 11 is 0. The van der Waals surface area contributed by atoms with Gasteiger partial charge >= 0.3 is 6.11 Å². The third-order valence-electron chi connectivity index (χ3n) is 4.10. The van der Waals surface area contributed by atoms with Gasteiger partial charge in [-0.3, -0.25) is 4.79 Å². The number of benzene rings is 2. The summed E-state index contributed by atoms with van der Waals surface area (Å²) in [4.78, 5) is 22.4. The Bertz CT molecular complexity index is 1370. The van der Waals surface area contributed by atoms with Crippen LogP contribution in [0.2, 0.25) is 0 Å². The first kappa shape index (κ1) is 12.9. The molecule has 0 fully saturated rings. The van der Waals surface area contributed by atoms with Crippen molar-refractivity contribution in [1.29, 1.82) is 0 Å². The van der Waals surface area contributed by atoms with Gasteiger partial charge in [-0.1, -0.05) is 18.2 Å². The summed E-state index contributed by atoms with van der Waals surface area (Å²) in [6, 6.07) is 0.863. The van der Waals surface area contributed by atoms with Gasteiger partial charge in [0.1, 0.15) is 23.9 Å². The van der Waals surface area contributed by atoms with Crippen LogP contribution in [0.3, 0.4) is 0 Å². The Kier molecular flexibility index (Phi) is 3.46. The molecule has 0 saturated carbocycles. The fourth-order valence-electron chi connectivity index (χ4n) is 2.82. The van der Waals surface area contributed by atoms with Crippen LogP contribution >= 0.6 is 0 Å².